The van der Waals surface area contributed by atoms with Crippen LogP contribution in [0.4, 0.5) is 13.2 Å². The third kappa shape index (κ3) is 4.16. The highest BCUT2D eigenvalue weighted by Crippen LogP contribution is 2.20. The van der Waals surface area contributed by atoms with Crippen molar-refractivity contribution in [2.75, 3.05) is 7.11 Å². The summed E-state index contributed by atoms with van der Waals surface area (Å²) in [5, 5.41) is 0. The fourth-order valence-electron chi connectivity index (χ4n) is 0.933. The molecule has 4 nitrogen and oxygen atoms in total. The third-order valence-electron chi connectivity index (χ3n) is 1.59. The van der Waals surface area contributed by atoms with E-state index < -0.39 is 18.2 Å². The van der Waals surface area contributed by atoms with Crippen molar-refractivity contribution in [3.05, 3.63) is 23.9 Å². The molecule has 0 aliphatic heterocycles. The molecule has 0 bridgehead atoms. The van der Waals surface area contributed by atoms with Crippen molar-refractivity contribution in [3.8, 4) is 5.88 Å². The van der Waals surface area contributed by atoms with Crippen LogP contribution in [0.5, 0.6) is 5.88 Å². The maximum absolute atomic E-state index is 11.8. The average molecular weight is 235 g/mol. The highest BCUT2D eigenvalue weighted by atomic mass is 19.4. The Balaban J connectivity index is 2.64. The Kier molecular flexibility index (Phi) is 3.70. The van der Waals surface area contributed by atoms with E-state index in [0.717, 1.165) is 12.3 Å². The maximum atomic E-state index is 11.8. The fraction of sp³-hybridized carbons (Fsp3) is 0.333. The number of rotatable bonds is 3. The molecule has 0 aliphatic carbocycles. The third-order valence-corrected chi connectivity index (χ3v) is 1.59. The monoisotopic (exact) mass is 235 g/mol. The largest absolute Gasteiger partial charge is 0.574 e. The van der Waals surface area contributed by atoms with Gasteiger partial charge >= 0.3 is 12.3 Å². The Bertz CT molecular complexity index is 361. The number of halogens is 3. The van der Waals surface area contributed by atoms with Crippen LogP contribution in [0, 0.1) is 0 Å². The van der Waals surface area contributed by atoms with E-state index in [9.17, 15) is 18.0 Å². The lowest BCUT2D eigenvalue weighted by molar-refractivity contribution is -0.276. The van der Waals surface area contributed by atoms with Gasteiger partial charge in [-0.2, -0.15) is 0 Å². The van der Waals surface area contributed by atoms with Gasteiger partial charge in [0.05, 0.1) is 13.5 Å². The van der Waals surface area contributed by atoms with Gasteiger partial charge in [-0.25, -0.2) is 4.98 Å². The second kappa shape index (κ2) is 4.82. The van der Waals surface area contributed by atoms with Crippen molar-refractivity contribution in [3.63, 3.8) is 0 Å². The predicted octanol–water partition coefficient (Wildman–Crippen LogP) is 1.70. The molecule has 0 amide bonds. The summed E-state index contributed by atoms with van der Waals surface area (Å²) in [6.45, 7) is 0. The Labute approximate surface area is 89.0 Å². The van der Waals surface area contributed by atoms with Gasteiger partial charge in [-0.05, 0) is 5.56 Å². The van der Waals surface area contributed by atoms with E-state index in [1.807, 2.05) is 0 Å². The highest BCUT2D eigenvalue weighted by molar-refractivity contribution is 5.72. The van der Waals surface area contributed by atoms with Gasteiger partial charge in [0.1, 0.15) is 0 Å². The van der Waals surface area contributed by atoms with E-state index in [1.54, 1.807) is 0 Å². The Morgan fingerprint density at radius 3 is 2.56 bits per heavy atom. The lowest BCUT2D eigenvalue weighted by Gasteiger charge is -2.07. The van der Waals surface area contributed by atoms with Crippen molar-refractivity contribution in [2.24, 2.45) is 0 Å². The number of hydrogen-bond donors (Lipinski definition) is 0. The SMILES string of the molecule is COC(=O)Cc1ccc(OC(F)(F)F)nc1. The number of carbonyl (C=O) groups excluding carboxylic acids is 1. The van der Waals surface area contributed by atoms with E-state index in [0.29, 0.717) is 5.56 Å². The molecular formula is C9H8F3NO3. The van der Waals surface area contributed by atoms with Crippen LogP contribution < -0.4 is 4.74 Å². The first-order valence-corrected chi connectivity index (χ1v) is 4.18. The summed E-state index contributed by atoms with van der Waals surface area (Å²) in [6.07, 6.45) is -3.69. The molecule has 16 heavy (non-hydrogen) atoms. The first kappa shape index (κ1) is 12.3. The molecule has 7 heteroatoms. The van der Waals surface area contributed by atoms with E-state index in [4.69, 9.17) is 0 Å². The van der Waals surface area contributed by atoms with Gasteiger partial charge in [-0.3, -0.25) is 4.79 Å². The number of methoxy groups -OCH3 is 1. The summed E-state index contributed by atoms with van der Waals surface area (Å²) in [5.41, 5.74) is 0.446. The summed E-state index contributed by atoms with van der Waals surface area (Å²) in [6, 6.07) is 2.34. The summed E-state index contributed by atoms with van der Waals surface area (Å²) in [5.74, 6) is -1.06. The van der Waals surface area contributed by atoms with Gasteiger partial charge in [0, 0.05) is 12.3 Å². The molecule has 0 saturated carbocycles. The van der Waals surface area contributed by atoms with Crippen molar-refractivity contribution in [1.29, 1.82) is 0 Å². The van der Waals surface area contributed by atoms with Crippen LogP contribution >= 0.6 is 0 Å². The zero-order valence-electron chi connectivity index (χ0n) is 8.25. The van der Waals surface area contributed by atoms with Crippen molar-refractivity contribution < 1.29 is 27.4 Å². The molecule has 0 radical (unpaired) electrons. The zero-order valence-corrected chi connectivity index (χ0v) is 8.25. The number of aromatic nitrogens is 1. The van der Waals surface area contributed by atoms with Crippen molar-refractivity contribution in [2.45, 2.75) is 12.8 Å². The number of nitrogens with zero attached hydrogens (tertiary/aromatic N) is 1. The predicted molar refractivity (Wildman–Crippen MR) is 46.6 cm³/mol. The molecule has 0 fully saturated rings. The normalized spacial score (nSPS) is 11.0. The molecule has 1 aromatic heterocycles. The van der Waals surface area contributed by atoms with Crippen LogP contribution in [-0.2, 0) is 16.0 Å². The summed E-state index contributed by atoms with van der Waals surface area (Å²) >= 11 is 0. The number of esters is 1. The quantitative estimate of drug-likeness (QED) is 0.748. The molecule has 1 aromatic rings. The minimum atomic E-state index is -4.77. The summed E-state index contributed by atoms with van der Waals surface area (Å²) < 4.78 is 43.3. The van der Waals surface area contributed by atoms with Gasteiger partial charge in [-0.15, -0.1) is 13.2 Å². The fourth-order valence-corrected chi connectivity index (χ4v) is 0.933. The lowest BCUT2D eigenvalue weighted by atomic mass is 10.2. The van der Waals surface area contributed by atoms with Crippen LogP contribution in [0.3, 0.4) is 0 Å². The highest BCUT2D eigenvalue weighted by Gasteiger charge is 2.31. The average Bonchev–Trinajstić information content (AvgIpc) is 2.18. The first-order chi connectivity index (χ1) is 7.40. The summed E-state index contributed by atoms with van der Waals surface area (Å²) in [7, 11) is 1.22. The smallest absolute Gasteiger partial charge is 0.469 e. The van der Waals surface area contributed by atoms with Gasteiger partial charge in [-0.1, -0.05) is 6.07 Å². The minimum Gasteiger partial charge on any atom is -0.469 e. The second-order valence-corrected chi connectivity index (χ2v) is 2.81. The topological polar surface area (TPSA) is 48.4 Å². The molecule has 0 aromatic carbocycles. The molecule has 0 spiro atoms. The van der Waals surface area contributed by atoms with E-state index in [1.165, 1.54) is 13.2 Å². The van der Waals surface area contributed by atoms with Gasteiger partial charge in [0.25, 0.3) is 0 Å². The van der Waals surface area contributed by atoms with E-state index >= 15 is 0 Å². The van der Waals surface area contributed by atoms with Crippen LogP contribution in [0.25, 0.3) is 0 Å². The zero-order chi connectivity index (χ0) is 12.2. The molecule has 0 saturated heterocycles. The summed E-state index contributed by atoms with van der Waals surface area (Å²) in [4.78, 5) is 14.2. The van der Waals surface area contributed by atoms with Gasteiger partial charge < -0.3 is 9.47 Å². The van der Waals surface area contributed by atoms with Crippen molar-refractivity contribution in [1.82, 2.24) is 4.98 Å². The van der Waals surface area contributed by atoms with E-state index in [2.05, 4.69) is 14.5 Å². The number of ether oxygens (including phenoxy) is 2. The molecule has 0 unspecified atom stereocenters. The number of alkyl halides is 3. The molecule has 88 valence electrons. The molecule has 0 N–H and O–H groups in total. The first-order valence-electron chi connectivity index (χ1n) is 4.18. The standard InChI is InChI=1S/C9H8F3NO3/c1-15-8(14)4-6-2-3-7(13-5-6)16-9(10,11)12/h2-3,5H,4H2,1H3. The Morgan fingerprint density at radius 1 is 1.44 bits per heavy atom. The van der Waals surface area contributed by atoms with E-state index in [-0.39, 0.29) is 6.42 Å². The van der Waals surface area contributed by atoms with Crippen LogP contribution in [0.15, 0.2) is 18.3 Å². The second-order valence-electron chi connectivity index (χ2n) is 2.81. The van der Waals surface area contributed by atoms with Crippen LogP contribution in [-0.4, -0.2) is 24.4 Å². The Hall–Kier alpha value is -1.79. The number of hydrogen-bond acceptors (Lipinski definition) is 4. The minimum absolute atomic E-state index is 0.0458. The number of pyridine rings is 1. The maximum Gasteiger partial charge on any atom is 0.574 e. The molecule has 0 aliphatic rings. The molecule has 1 heterocycles. The Morgan fingerprint density at radius 2 is 2.12 bits per heavy atom. The molecule has 0 atom stereocenters. The molecule has 1 rings (SSSR count). The van der Waals surface area contributed by atoms with Crippen LogP contribution in [0.1, 0.15) is 5.56 Å². The van der Waals surface area contributed by atoms with Crippen LogP contribution in [0.2, 0.25) is 0 Å². The van der Waals surface area contributed by atoms with Gasteiger partial charge in [0.2, 0.25) is 5.88 Å². The lowest BCUT2D eigenvalue weighted by Crippen LogP contribution is -2.18. The van der Waals surface area contributed by atoms with Crippen molar-refractivity contribution >= 4 is 5.97 Å². The number of carbonyl (C=O) groups is 1. The molecular weight excluding hydrogens is 227 g/mol. The van der Waals surface area contributed by atoms with Gasteiger partial charge in [0.15, 0.2) is 0 Å².